The largest absolute Gasteiger partial charge is 0.489 e. The molecule has 0 radical (unpaired) electrons. The van der Waals surface area contributed by atoms with Gasteiger partial charge in [-0.25, -0.2) is 4.39 Å². The average molecular weight is 245 g/mol. The molecule has 0 aliphatic heterocycles. The third-order valence-corrected chi connectivity index (χ3v) is 2.65. The molecule has 1 N–H and O–H groups in total. The summed E-state index contributed by atoms with van der Waals surface area (Å²) in [7, 11) is 1.90. The molecule has 0 unspecified atom stereocenters. The summed E-state index contributed by atoms with van der Waals surface area (Å²) in [6.45, 7) is 1.21. The molecule has 0 aliphatic carbocycles. The van der Waals surface area contributed by atoms with Crippen LogP contribution in [-0.4, -0.2) is 7.05 Å². The van der Waals surface area contributed by atoms with Gasteiger partial charge in [-0.15, -0.1) is 0 Å². The van der Waals surface area contributed by atoms with Crippen LogP contribution in [0.4, 0.5) is 4.39 Å². The predicted octanol–water partition coefficient (Wildman–Crippen LogP) is 3.12. The van der Waals surface area contributed by atoms with E-state index in [0.717, 1.165) is 23.4 Å². The van der Waals surface area contributed by atoms with Gasteiger partial charge >= 0.3 is 0 Å². The fourth-order valence-electron chi connectivity index (χ4n) is 1.72. The number of para-hydroxylation sites is 1. The molecule has 0 amide bonds. The monoisotopic (exact) mass is 245 g/mol. The summed E-state index contributed by atoms with van der Waals surface area (Å²) >= 11 is 0. The molecule has 0 fully saturated rings. The van der Waals surface area contributed by atoms with Crippen molar-refractivity contribution >= 4 is 0 Å². The Morgan fingerprint density at radius 1 is 1.06 bits per heavy atom. The Kier molecular flexibility index (Phi) is 4.31. The molecule has 0 aromatic heterocycles. The van der Waals surface area contributed by atoms with Crippen molar-refractivity contribution in [1.82, 2.24) is 5.32 Å². The van der Waals surface area contributed by atoms with E-state index in [2.05, 4.69) is 5.32 Å². The summed E-state index contributed by atoms with van der Waals surface area (Å²) < 4.78 is 18.5. The zero-order valence-electron chi connectivity index (χ0n) is 10.3. The molecule has 0 heterocycles. The number of ether oxygens (including phenoxy) is 1. The standard InChI is InChI=1S/C15H16FNO/c1-17-10-13-4-2-3-5-15(13)18-11-12-6-8-14(16)9-7-12/h2-9,17H,10-11H2,1H3. The molecule has 0 atom stereocenters. The minimum absolute atomic E-state index is 0.227. The smallest absolute Gasteiger partial charge is 0.124 e. The van der Waals surface area contributed by atoms with Gasteiger partial charge in [0.05, 0.1) is 0 Å². The van der Waals surface area contributed by atoms with E-state index in [-0.39, 0.29) is 5.82 Å². The quantitative estimate of drug-likeness (QED) is 0.873. The summed E-state index contributed by atoms with van der Waals surface area (Å²) in [6, 6.07) is 14.2. The van der Waals surface area contributed by atoms with Gasteiger partial charge in [0.2, 0.25) is 0 Å². The zero-order chi connectivity index (χ0) is 12.8. The van der Waals surface area contributed by atoms with Gasteiger partial charge in [0, 0.05) is 12.1 Å². The van der Waals surface area contributed by atoms with Gasteiger partial charge in [0.15, 0.2) is 0 Å². The van der Waals surface area contributed by atoms with Gasteiger partial charge in [0.1, 0.15) is 18.2 Å². The highest BCUT2D eigenvalue weighted by atomic mass is 19.1. The van der Waals surface area contributed by atoms with E-state index < -0.39 is 0 Å². The van der Waals surface area contributed by atoms with E-state index >= 15 is 0 Å². The molecule has 3 heteroatoms. The highest BCUT2D eigenvalue weighted by molar-refractivity contribution is 5.33. The lowest BCUT2D eigenvalue weighted by molar-refractivity contribution is 0.302. The maximum Gasteiger partial charge on any atom is 0.124 e. The average Bonchev–Trinajstić information content (AvgIpc) is 2.40. The lowest BCUT2D eigenvalue weighted by Crippen LogP contribution is -2.07. The van der Waals surface area contributed by atoms with Crippen molar-refractivity contribution in [3.05, 3.63) is 65.5 Å². The third-order valence-electron chi connectivity index (χ3n) is 2.65. The second kappa shape index (κ2) is 6.17. The minimum atomic E-state index is -0.227. The Morgan fingerprint density at radius 3 is 2.50 bits per heavy atom. The lowest BCUT2D eigenvalue weighted by Gasteiger charge is -2.11. The number of halogens is 1. The van der Waals surface area contributed by atoms with Crippen LogP contribution in [0.5, 0.6) is 5.75 Å². The Hall–Kier alpha value is -1.87. The van der Waals surface area contributed by atoms with Crippen LogP contribution in [0.1, 0.15) is 11.1 Å². The summed E-state index contributed by atoms with van der Waals surface area (Å²) in [5.41, 5.74) is 2.07. The van der Waals surface area contributed by atoms with Crippen LogP contribution in [0.15, 0.2) is 48.5 Å². The van der Waals surface area contributed by atoms with Crippen LogP contribution < -0.4 is 10.1 Å². The molecule has 2 nitrogen and oxygen atoms in total. The summed E-state index contributed by atoms with van der Waals surface area (Å²) in [5, 5.41) is 3.10. The summed E-state index contributed by atoms with van der Waals surface area (Å²) in [4.78, 5) is 0. The van der Waals surface area contributed by atoms with Crippen molar-refractivity contribution in [3.8, 4) is 5.75 Å². The predicted molar refractivity (Wildman–Crippen MR) is 69.9 cm³/mol. The van der Waals surface area contributed by atoms with Crippen molar-refractivity contribution in [2.45, 2.75) is 13.2 Å². The Labute approximate surface area is 106 Å². The molecule has 0 saturated carbocycles. The number of hydrogen-bond donors (Lipinski definition) is 1. The van der Waals surface area contributed by atoms with E-state index in [1.54, 1.807) is 12.1 Å². The first-order valence-corrected chi connectivity index (χ1v) is 5.89. The van der Waals surface area contributed by atoms with E-state index in [4.69, 9.17) is 4.74 Å². The first-order chi connectivity index (χ1) is 8.79. The van der Waals surface area contributed by atoms with Gasteiger partial charge in [-0.05, 0) is 30.8 Å². The molecule has 0 spiro atoms. The topological polar surface area (TPSA) is 21.3 Å². The molecule has 94 valence electrons. The van der Waals surface area contributed by atoms with E-state index in [0.29, 0.717) is 6.61 Å². The SMILES string of the molecule is CNCc1ccccc1OCc1ccc(F)cc1. The maximum absolute atomic E-state index is 12.8. The lowest BCUT2D eigenvalue weighted by atomic mass is 10.2. The minimum Gasteiger partial charge on any atom is -0.489 e. The van der Waals surface area contributed by atoms with Crippen molar-refractivity contribution in [3.63, 3.8) is 0 Å². The molecule has 0 saturated heterocycles. The number of benzene rings is 2. The molecule has 2 rings (SSSR count). The maximum atomic E-state index is 12.8. The summed E-state index contributed by atoms with van der Waals surface area (Å²) in [6.07, 6.45) is 0. The zero-order valence-corrected chi connectivity index (χ0v) is 10.3. The van der Waals surface area contributed by atoms with Gasteiger partial charge in [-0.2, -0.15) is 0 Å². The molecule has 2 aromatic rings. The van der Waals surface area contributed by atoms with Crippen molar-refractivity contribution in [2.75, 3.05) is 7.05 Å². The van der Waals surface area contributed by atoms with Crippen LogP contribution in [0.25, 0.3) is 0 Å². The highest BCUT2D eigenvalue weighted by Gasteiger charge is 2.02. The van der Waals surface area contributed by atoms with E-state index in [1.165, 1.54) is 12.1 Å². The van der Waals surface area contributed by atoms with Crippen LogP contribution in [0, 0.1) is 5.82 Å². The second-order valence-corrected chi connectivity index (χ2v) is 4.05. The van der Waals surface area contributed by atoms with E-state index in [1.807, 2.05) is 31.3 Å². The van der Waals surface area contributed by atoms with Crippen LogP contribution >= 0.6 is 0 Å². The Balaban J connectivity index is 2.03. The van der Waals surface area contributed by atoms with Crippen LogP contribution in [0.2, 0.25) is 0 Å². The summed E-state index contributed by atoms with van der Waals surface area (Å²) in [5.74, 6) is 0.630. The van der Waals surface area contributed by atoms with Crippen molar-refractivity contribution in [2.24, 2.45) is 0 Å². The van der Waals surface area contributed by atoms with Crippen molar-refractivity contribution in [1.29, 1.82) is 0 Å². The fourth-order valence-corrected chi connectivity index (χ4v) is 1.72. The van der Waals surface area contributed by atoms with Gasteiger partial charge in [-0.3, -0.25) is 0 Å². The number of rotatable bonds is 5. The first-order valence-electron chi connectivity index (χ1n) is 5.89. The van der Waals surface area contributed by atoms with Crippen LogP contribution in [-0.2, 0) is 13.2 Å². The number of hydrogen-bond acceptors (Lipinski definition) is 2. The molecular weight excluding hydrogens is 229 g/mol. The van der Waals surface area contributed by atoms with E-state index in [9.17, 15) is 4.39 Å². The first kappa shape index (κ1) is 12.6. The second-order valence-electron chi connectivity index (χ2n) is 4.05. The molecule has 0 aliphatic rings. The number of nitrogens with one attached hydrogen (secondary N) is 1. The fraction of sp³-hybridized carbons (Fsp3) is 0.200. The molecule has 2 aromatic carbocycles. The third kappa shape index (κ3) is 3.31. The molecule has 18 heavy (non-hydrogen) atoms. The Bertz CT molecular complexity index is 496. The van der Waals surface area contributed by atoms with Gasteiger partial charge in [0.25, 0.3) is 0 Å². The van der Waals surface area contributed by atoms with Crippen LogP contribution in [0.3, 0.4) is 0 Å². The Morgan fingerprint density at radius 2 is 1.78 bits per heavy atom. The normalized spacial score (nSPS) is 10.3. The highest BCUT2D eigenvalue weighted by Crippen LogP contribution is 2.19. The van der Waals surface area contributed by atoms with Gasteiger partial charge in [-0.1, -0.05) is 30.3 Å². The molecular formula is C15H16FNO. The van der Waals surface area contributed by atoms with Crippen molar-refractivity contribution < 1.29 is 9.13 Å². The van der Waals surface area contributed by atoms with Gasteiger partial charge < -0.3 is 10.1 Å². The molecule has 0 bridgehead atoms.